The first-order valence-electron chi connectivity index (χ1n) is 10.9. The van der Waals surface area contributed by atoms with Gasteiger partial charge in [0.1, 0.15) is 11.6 Å². The molecule has 7 heteroatoms. The van der Waals surface area contributed by atoms with E-state index < -0.39 is 5.92 Å². The molecule has 0 saturated heterocycles. The first-order valence-corrected chi connectivity index (χ1v) is 11.7. The first kappa shape index (κ1) is 19.8. The Bertz CT molecular complexity index is 1430. The SMILES string of the molecule is O=C1C[C@H](c2cccs2)CC2=C1[C@@H](c1ccc(O)cc1)c1c([nH]n(-c3ccccc3)c1=O)N2. The predicted molar refractivity (Wildman–Crippen MR) is 128 cm³/mol. The Labute approximate surface area is 193 Å². The minimum atomic E-state index is -0.498. The summed E-state index contributed by atoms with van der Waals surface area (Å²) in [5, 5.41) is 18.5. The lowest BCUT2D eigenvalue weighted by Crippen LogP contribution is -2.31. The molecule has 164 valence electrons. The van der Waals surface area contributed by atoms with Crippen LogP contribution >= 0.6 is 11.3 Å². The Morgan fingerprint density at radius 3 is 2.45 bits per heavy atom. The van der Waals surface area contributed by atoms with Crippen LogP contribution in [0, 0.1) is 0 Å². The predicted octanol–water partition coefficient (Wildman–Crippen LogP) is 4.89. The number of aromatic hydroxyl groups is 1. The van der Waals surface area contributed by atoms with Gasteiger partial charge in [0.15, 0.2) is 5.78 Å². The summed E-state index contributed by atoms with van der Waals surface area (Å²) in [6.07, 6.45) is 1.12. The maximum Gasteiger partial charge on any atom is 0.277 e. The van der Waals surface area contributed by atoms with Gasteiger partial charge in [0.05, 0.1) is 11.3 Å². The van der Waals surface area contributed by atoms with Crippen molar-refractivity contribution >= 4 is 22.9 Å². The van der Waals surface area contributed by atoms with E-state index in [2.05, 4.69) is 16.5 Å². The van der Waals surface area contributed by atoms with Gasteiger partial charge in [0, 0.05) is 34.4 Å². The van der Waals surface area contributed by atoms with E-state index in [9.17, 15) is 14.7 Å². The van der Waals surface area contributed by atoms with Crippen LogP contribution in [0.2, 0.25) is 0 Å². The van der Waals surface area contributed by atoms with E-state index in [4.69, 9.17) is 0 Å². The van der Waals surface area contributed by atoms with Crippen LogP contribution in [-0.2, 0) is 4.79 Å². The number of allylic oxidation sites excluding steroid dienone is 2. The minimum absolute atomic E-state index is 0.0535. The quantitative estimate of drug-likeness (QED) is 0.410. The Balaban J connectivity index is 1.53. The third-order valence-corrected chi connectivity index (χ3v) is 7.51. The van der Waals surface area contributed by atoms with Crippen molar-refractivity contribution in [3.8, 4) is 11.4 Å². The lowest BCUT2D eigenvalue weighted by Gasteiger charge is -2.34. The zero-order chi connectivity index (χ0) is 22.5. The number of ketones is 1. The number of para-hydroxylation sites is 1. The number of thiophene rings is 1. The van der Waals surface area contributed by atoms with Crippen LogP contribution in [0.5, 0.6) is 5.75 Å². The van der Waals surface area contributed by atoms with E-state index in [0.29, 0.717) is 29.8 Å². The molecule has 3 N–H and O–H groups in total. The molecule has 0 bridgehead atoms. The molecule has 0 fully saturated rings. The molecular formula is C26H21N3O3S. The molecule has 2 aromatic carbocycles. The summed E-state index contributed by atoms with van der Waals surface area (Å²) in [5.41, 5.74) is 3.37. The highest BCUT2D eigenvalue weighted by atomic mass is 32.1. The monoisotopic (exact) mass is 455 g/mol. The Morgan fingerprint density at radius 1 is 0.939 bits per heavy atom. The number of aromatic nitrogens is 2. The fourth-order valence-corrected chi connectivity index (χ4v) is 5.81. The summed E-state index contributed by atoms with van der Waals surface area (Å²) in [7, 11) is 0. The molecule has 1 aliphatic carbocycles. The zero-order valence-corrected chi connectivity index (χ0v) is 18.4. The van der Waals surface area contributed by atoms with Crippen LogP contribution in [0.3, 0.4) is 0 Å². The number of carbonyl (C=O) groups excluding carboxylic acids is 1. The van der Waals surface area contributed by atoms with Crippen molar-refractivity contribution in [3.63, 3.8) is 0 Å². The standard InChI is InChI=1S/C26H21N3O3S/c30-18-10-8-15(9-11-18)22-23-19(13-16(14-20(23)31)21-7-4-12-33-21)27-25-24(22)26(32)29(28-25)17-5-2-1-3-6-17/h1-12,16,22,27-28,30H,13-14H2/t16-,22-/m1/s1. The topological polar surface area (TPSA) is 87.1 Å². The van der Waals surface area contributed by atoms with Gasteiger partial charge in [-0.05, 0) is 47.7 Å². The molecule has 33 heavy (non-hydrogen) atoms. The van der Waals surface area contributed by atoms with Gasteiger partial charge in [-0.1, -0.05) is 36.4 Å². The van der Waals surface area contributed by atoms with E-state index in [0.717, 1.165) is 16.9 Å². The molecule has 2 aromatic heterocycles. The van der Waals surface area contributed by atoms with Crippen molar-refractivity contribution in [1.82, 2.24) is 9.78 Å². The van der Waals surface area contributed by atoms with Crippen LogP contribution in [0.1, 0.15) is 40.7 Å². The van der Waals surface area contributed by atoms with Crippen LogP contribution in [0.15, 0.2) is 88.2 Å². The van der Waals surface area contributed by atoms with Gasteiger partial charge in [-0.15, -0.1) is 11.3 Å². The molecule has 6 rings (SSSR count). The summed E-state index contributed by atoms with van der Waals surface area (Å²) in [6.45, 7) is 0. The van der Waals surface area contributed by atoms with E-state index in [1.54, 1.807) is 35.6 Å². The van der Waals surface area contributed by atoms with Gasteiger partial charge in [-0.3, -0.25) is 14.7 Å². The third-order valence-electron chi connectivity index (χ3n) is 6.47. The average molecular weight is 456 g/mol. The summed E-state index contributed by atoms with van der Waals surface area (Å²) < 4.78 is 1.52. The van der Waals surface area contributed by atoms with Gasteiger partial charge in [0.2, 0.25) is 0 Å². The van der Waals surface area contributed by atoms with Crippen molar-refractivity contribution < 1.29 is 9.90 Å². The molecule has 2 aliphatic rings. The molecule has 1 aliphatic heterocycles. The molecule has 0 saturated carbocycles. The van der Waals surface area contributed by atoms with Crippen LogP contribution in [0.25, 0.3) is 5.69 Å². The van der Waals surface area contributed by atoms with Crippen molar-refractivity contribution in [2.75, 3.05) is 5.32 Å². The molecule has 2 atom stereocenters. The first-order chi connectivity index (χ1) is 16.1. The maximum atomic E-state index is 13.6. The fourth-order valence-electron chi connectivity index (χ4n) is 4.98. The van der Waals surface area contributed by atoms with E-state index >= 15 is 0 Å². The smallest absolute Gasteiger partial charge is 0.277 e. The average Bonchev–Trinajstić information content (AvgIpc) is 3.48. The molecule has 0 spiro atoms. The largest absolute Gasteiger partial charge is 0.508 e. The summed E-state index contributed by atoms with van der Waals surface area (Å²) in [4.78, 5) is 28.3. The number of H-pyrrole nitrogens is 1. The van der Waals surface area contributed by atoms with Crippen LogP contribution in [0.4, 0.5) is 5.82 Å². The number of Topliss-reactive ketones (excluding diaryl/α,β-unsaturated/α-hetero) is 1. The number of aromatic amines is 1. The Hall–Kier alpha value is -3.84. The van der Waals surface area contributed by atoms with Crippen LogP contribution in [-0.4, -0.2) is 20.7 Å². The Kier molecular flexibility index (Phi) is 4.58. The van der Waals surface area contributed by atoms with Crippen LogP contribution < -0.4 is 10.9 Å². The zero-order valence-electron chi connectivity index (χ0n) is 17.6. The lowest BCUT2D eigenvalue weighted by atomic mass is 9.74. The number of rotatable bonds is 3. The number of nitrogens with zero attached hydrogens (tertiary/aromatic N) is 1. The third kappa shape index (κ3) is 3.24. The number of phenolic OH excluding ortho intramolecular Hbond substituents is 1. The number of benzene rings is 2. The van der Waals surface area contributed by atoms with Crippen molar-refractivity contribution in [3.05, 3.63) is 110 Å². The van der Waals surface area contributed by atoms with Gasteiger partial charge < -0.3 is 10.4 Å². The minimum Gasteiger partial charge on any atom is -0.508 e. The normalized spacial score (nSPS) is 19.7. The molecule has 4 aromatic rings. The van der Waals surface area contributed by atoms with Crippen molar-refractivity contribution in [1.29, 1.82) is 0 Å². The second-order valence-corrected chi connectivity index (χ2v) is 9.44. The highest BCUT2D eigenvalue weighted by Crippen LogP contribution is 2.47. The number of hydrogen-bond donors (Lipinski definition) is 3. The molecular weight excluding hydrogens is 434 g/mol. The number of phenols is 1. The van der Waals surface area contributed by atoms with Crippen molar-refractivity contribution in [2.45, 2.75) is 24.7 Å². The molecule has 3 heterocycles. The number of fused-ring (bicyclic) bond motifs is 1. The van der Waals surface area contributed by atoms with E-state index in [-0.39, 0.29) is 23.0 Å². The molecule has 6 nitrogen and oxygen atoms in total. The van der Waals surface area contributed by atoms with Crippen molar-refractivity contribution in [2.24, 2.45) is 0 Å². The fraction of sp³-hybridized carbons (Fsp3) is 0.154. The van der Waals surface area contributed by atoms with Gasteiger partial charge >= 0.3 is 0 Å². The number of hydrogen-bond acceptors (Lipinski definition) is 5. The molecule has 0 unspecified atom stereocenters. The summed E-state index contributed by atoms with van der Waals surface area (Å²) in [6, 6.07) is 20.3. The van der Waals surface area contributed by atoms with Gasteiger partial charge in [-0.25, -0.2) is 4.68 Å². The lowest BCUT2D eigenvalue weighted by molar-refractivity contribution is -0.116. The van der Waals surface area contributed by atoms with Gasteiger partial charge in [-0.2, -0.15) is 0 Å². The highest BCUT2D eigenvalue weighted by molar-refractivity contribution is 7.10. The Morgan fingerprint density at radius 2 is 1.73 bits per heavy atom. The highest BCUT2D eigenvalue weighted by Gasteiger charge is 2.41. The maximum absolute atomic E-state index is 13.6. The second kappa shape index (κ2) is 7.64. The molecule has 0 radical (unpaired) electrons. The van der Waals surface area contributed by atoms with E-state index in [1.807, 2.05) is 41.8 Å². The second-order valence-electron chi connectivity index (χ2n) is 8.46. The summed E-state index contributed by atoms with van der Waals surface area (Å²) in [5.74, 6) is 0.430. The van der Waals surface area contributed by atoms with E-state index in [1.165, 1.54) is 9.56 Å². The summed E-state index contributed by atoms with van der Waals surface area (Å²) >= 11 is 1.67. The number of anilines is 1. The number of carbonyl (C=O) groups is 1. The number of nitrogens with one attached hydrogen (secondary N) is 2. The molecule has 0 amide bonds. The van der Waals surface area contributed by atoms with Gasteiger partial charge in [0.25, 0.3) is 5.56 Å².